The highest BCUT2D eigenvalue weighted by Gasteiger charge is 2.17. The van der Waals surface area contributed by atoms with Gasteiger partial charge in [-0.25, -0.2) is 13.1 Å². The van der Waals surface area contributed by atoms with Crippen LogP contribution in [0.25, 0.3) is 0 Å². The van der Waals surface area contributed by atoms with Crippen molar-refractivity contribution in [2.45, 2.75) is 25.2 Å². The predicted octanol–water partition coefficient (Wildman–Crippen LogP) is 1.73. The zero-order valence-corrected chi connectivity index (χ0v) is 12.2. The first-order valence-electron chi connectivity index (χ1n) is 5.26. The van der Waals surface area contributed by atoms with Crippen molar-refractivity contribution in [1.82, 2.24) is 4.72 Å². The summed E-state index contributed by atoms with van der Waals surface area (Å²) < 4.78 is 27.3. The van der Waals surface area contributed by atoms with Gasteiger partial charge in [0.25, 0.3) is 0 Å². The van der Waals surface area contributed by atoms with Crippen molar-refractivity contribution in [2.75, 3.05) is 13.2 Å². The molecule has 0 saturated heterocycles. The molecule has 0 atom stereocenters. The fraction of sp³-hybridized carbons (Fsp3) is 0.455. The van der Waals surface area contributed by atoms with Crippen molar-refractivity contribution in [1.29, 1.82) is 0 Å². The molecule has 4 nitrogen and oxygen atoms in total. The third-order valence-corrected chi connectivity index (χ3v) is 4.83. The molecule has 1 rings (SSSR count). The van der Waals surface area contributed by atoms with Gasteiger partial charge >= 0.3 is 0 Å². The molecule has 1 aromatic rings. The van der Waals surface area contributed by atoms with Gasteiger partial charge in [-0.3, -0.25) is 0 Å². The van der Waals surface area contributed by atoms with Crippen molar-refractivity contribution in [2.24, 2.45) is 0 Å². The average molecular weight is 322 g/mol. The SMILES string of the molecule is Cc1cc(S(=O)(=O)NCCCO)c(C)cc1Br. The van der Waals surface area contributed by atoms with Crippen LogP contribution in [0.2, 0.25) is 0 Å². The maximum absolute atomic E-state index is 12.0. The van der Waals surface area contributed by atoms with Gasteiger partial charge in [0.2, 0.25) is 10.0 Å². The Morgan fingerprint density at radius 3 is 2.53 bits per heavy atom. The standard InChI is InChI=1S/C11H16BrNO3S/c1-8-7-11(9(2)6-10(8)12)17(15,16)13-4-3-5-14/h6-7,13-14H,3-5H2,1-2H3. The topological polar surface area (TPSA) is 66.4 Å². The Hall–Kier alpha value is -0.430. The molecule has 0 aliphatic carbocycles. The molecular formula is C11H16BrNO3S. The first kappa shape index (κ1) is 14.6. The number of sulfonamides is 1. The van der Waals surface area contributed by atoms with Crippen LogP contribution in [0.3, 0.4) is 0 Å². The minimum Gasteiger partial charge on any atom is -0.396 e. The normalized spacial score (nSPS) is 11.8. The highest BCUT2D eigenvalue weighted by Crippen LogP contribution is 2.24. The maximum atomic E-state index is 12.0. The van der Waals surface area contributed by atoms with Gasteiger partial charge in [0.1, 0.15) is 0 Å². The summed E-state index contributed by atoms with van der Waals surface area (Å²) in [5, 5.41) is 8.63. The van der Waals surface area contributed by atoms with Crippen molar-refractivity contribution >= 4 is 26.0 Å². The summed E-state index contributed by atoms with van der Waals surface area (Å²) in [5.74, 6) is 0. The molecule has 17 heavy (non-hydrogen) atoms. The van der Waals surface area contributed by atoms with E-state index in [9.17, 15) is 8.42 Å². The van der Waals surface area contributed by atoms with Crippen LogP contribution in [0.15, 0.2) is 21.5 Å². The van der Waals surface area contributed by atoms with E-state index in [1.807, 2.05) is 6.92 Å². The van der Waals surface area contributed by atoms with Gasteiger partial charge in [0, 0.05) is 17.6 Å². The molecule has 0 aliphatic heterocycles. The minimum atomic E-state index is -3.48. The second-order valence-corrected chi connectivity index (χ2v) is 6.43. The van der Waals surface area contributed by atoms with E-state index in [0.29, 0.717) is 12.0 Å². The summed E-state index contributed by atoms with van der Waals surface area (Å²) in [6.07, 6.45) is 0.411. The highest BCUT2D eigenvalue weighted by molar-refractivity contribution is 9.10. The van der Waals surface area contributed by atoms with Crippen molar-refractivity contribution in [3.8, 4) is 0 Å². The van der Waals surface area contributed by atoms with E-state index in [2.05, 4.69) is 20.7 Å². The number of hydrogen-bond donors (Lipinski definition) is 2. The summed E-state index contributed by atoms with van der Waals surface area (Å²) in [4.78, 5) is 0.288. The third-order valence-electron chi connectivity index (χ3n) is 2.37. The minimum absolute atomic E-state index is 0.0269. The van der Waals surface area contributed by atoms with Crippen LogP contribution < -0.4 is 4.72 Å². The second kappa shape index (κ2) is 5.95. The molecule has 0 amide bonds. The third kappa shape index (κ3) is 3.77. The lowest BCUT2D eigenvalue weighted by Gasteiger charge is -2.10. The summed E-state index contributed by atoms with van der Waals surface area (Å²) in [5.41, 5.74) is 1.57. The van der Waals surface area contributed by atoms with E-state index in [1.165, 1.54) is 0 Å². The molecule has 0 fully saturated rings. The fourth-order valence-electron chi connectivity index (χ4n) is 1.41. The lowest BCUT2D eigenvalue weighted by atomic mass is 10.2. The van der Waals surface area contributed by atoms with Gasteiger partial charge in [-0.15, -0.1) is 0 Å². The molecule has 0 spiro atoms. The average Bonchev–Trinajstić information content (AvgIpc) is 2.23. The Morgan fingerprint density at radius 1 is 1.29 bits per heavy atom. The number of nitrogens with one attached hydrogen (secondary N) is 1. The monoisotopic (exact) mass is 321 g/mol. The zero-order valence-electron chi connectivity index (χ0n) is 9.83. The molecule has 0 bridgehead atoms. The van der Waals surface area contributed by atoms with Crippen molar-refractivity contribution < 1.29 is 13.5 Å². The molecule has 1 aromatic carbocycles. The van der Waals surface area contributed by atoms with Gasteiger partial charge in [0.05, 0.1) is 4.90 Å². The lowest BCUT2D eigenvalue weighted by molar-refractivity contribution is 0.289. The van der Waals surface area contributed by atoms with Gasteiger partial charge in [0.15, 0.2) is 0 Å². The van der Waals surface area contributed by atoms with E-state index in [4.69, 9.17) is 5.11 Å². The molecule has 2 N–H and O–H groups in total. The summed E-state index contributed by atoms with van der Waals surface area (Å²) in [6, 6.07) is 3.43. The van der Waals surface area contributed by atoms with Crippen LogP contribution in [0.1, 0.15) is 17.5 Å². The van der Waals surface area contributed by atoms with Crippen LogP contribution in [-0.2, 0) is 10.0 Å². The number of aryl methyl sites for hydroxylation is 2. The number of benzene rings is 1. The fourth-order valence-corrected chi connectivity index (χ4v) is 3.25. The number of aliphatic hydroxyl groups excluding tert-OH is 1. The molecule has 0 saturated carbocycles. The number of halogens is 1. The molecule has 0 unspecified atom stereocenters. The van der Waals surface area contributed by atoms with E-state index < -0.39 is 10.0 Å². The van der Waals surface area contributed by atoms with Crippen LogP contribution >= 0.6 is 15.9 Å². The van der Waals surface area contributed by atoms with Gasteiger partial charge in [-0.2, -0.15) is 0 Å². The van der Waals surface area contributed by atoms with E-state index >= 15 is 0 Å². The first-order valence-corrected chi connectivity index (χ1v) is 7.53. The highest BCUT2D eigenvalue weighted by atomic mass is 79.9. The lowest BCUT2D eigenvalue weighted by Crippen LogP contribution is -2.26. The Balaban J connectivity index is 3.03. The molecule has 0 aromatic heterocycles. The second-order valence-electron chi connectivity index (χ2n) is 3.84. The molecule has 0 aliphatic rings. The van der Waals surface area contributed by atoms with E-state index in [0.717, 1.165) is 10.0 Å². The number of rotatable bonds is 5. The molecular weight excluding hydrogens is 306 g/mol. The van der Waals surface area contributed by atoms with Gasteiger partial charge < -0.3 is 5.11 Å². The largest absolute Gasteiger partial charge is 0.396 e. The summed E-state index contributed by atoms with van der Waals surface area (Å²) >= 11 is 3.36. The molecule has 96 valence electrons. The molecule has 0 heterocycles. The van der Waals surface area contributed by atoms with Gasteiger partial charge in [-0.05, 0) is 43.5 Å². The van der Waals surface area contributed by atoms with Crippen molar-refractivity contribution in [3.05, 3.63) is 27.7 Å². The van der Waals surface area contributed by atoms with Crippen LogP contribution in [-0.4, -0.2) is 26.7 Å². The molecule has 0 radical (unpaired) electrons. The maximum Gasteiger partial charge on any atom is 0.240 e. The Bertz CT molecular complexity index is 500. The zero-order chi connectivity index (χ0) is 13.1. The Kier molecular flexibility index (Phi) is 5.12. The molecule has 6 heteroatoms. The number of aliphatic hydroxyl groups is 1. The van der Waals surface area contributed by atoms with E-state index in [-0.39, 0.29) is 18.0 Å². The summed E-state index contributed by atoms with van der Waals surface area (Å²) in [7, 11) is -3.48. The first-order chi connectivity index (χ1) is 7.88. The van der Waals surface area contributed by atoms with Gasteiger partial charge in [-0.1, -0.05) is 15.9 Å². The predicted molar refractivity (Wildman–Crippen MR) is 70.5 cm³/mol. The smallest absolute Gasteiger partial charge is 0.240 e. The quantitative estimate of drug-likeness (QED) is 0.812. The van der Waals surface area contributed by atoms with Crippen LogP contribution in [0.4, 0.5) is 0 Å². The van der Waals surface area contributed by atoms with Crippen LogP contribution in [0, 0.1) is 13.8 Å². The van der Waals surface area contributed by atoms with E-state index in [1.54, 1.807) is 19.1 Å². The summed E-state index contributed by atoms with van der Waals surface area (Å²) in [6.45, 7) is 3.81. The Morgan fingerprint density at radius 2 is 1.94 bits per heavy atom. The van der Waals surface area contributed by atoms with Crippen LogP contribution in [0.5, 0.6) is 0 Å². The number of hydrogen-bond acceptors (Lipinski definition) is 3. The Labute approximate surface area is 110 Å². The van der Waals surface area contributed by atoms with Crippen molar-refractivity contribution in [3.63, 3.8) is 0 Å².